The SMILES string of the molecule is C=CCOC(=O)N[C@@H]1[C@@H](O)[C@H](O)[C@@H](CO)O[C@H]1N=[N+]=[N-]. The first-order valence-electron chi connectivity index (χ1n) is 5.76. The van der Waals surface area contributed by atoms with Crippen LogP contribution >= 0.6 is 0 Å². The Morgan fingerprint density at radius 2 is 2.25 bits per heavy atom. The molecule has 10 nitrogen and oxygen atoms in total. The van der Waals surface area contributed by atoms with Crippen LogP contribution in [0.3, 0.4) is 0 Å². The van der Waals surface area contributed by atoms with Crippen LogP contribution in [0.4, 0.5) is 4.79 Å². The van der Waals surface area contributed by atoms with Crippen molar-refractivity contribution in [2.24, 2.45) is 5.11 Å². The van der Waals surface area contributed by atoms with E-state index in [0.717, 1.165) is 0 Å². The van der Waals surface area contributed by atoms with Crippen LogP contribution in [-0.2, 0) is 9.47 Å². The second-order valence-corrected chi connectivity index (χ2v) is 3.99. The van der Waals surface area contributed by atoms with Crippen LogP contribution in [0.25, 0.3) is 10.4 Å². The summed E-state index contributed by atoms with van der Waals surface area (Å²) in [4.78, 5) is 13.9. The van der Waals surface area contributed by atoms with E-state index in [1.54, 1.807) is 0 Å². The zero-order valence-electron chi connectivity index (χ0n) is 10.5. The molecule has 0 bridgehead atoms. The highest BCUT2D eigenvalue weighted by atomic mass is 16.6. The van der Waals surface area contributed by atoms with Gasteiger partial charge in [-0.25, -0.2) is 4.79 Å². The summed E-state index contributed by atoms with van der Waals surface area (Å²) in [5.74, 6) is 0. The fraction of sp³-hybridized carbons (Fsp3) is 0.700. The Kier molecular flexibility index (Phi) is 6.22. The van der Waals surface area contributed by atoms with E-state index in [0.29, 0.717) is 0 Å². The van der Waals surface area contributed by atoms with Crippen molar-refractivity contribution in [1.29, 1.82) is 0 Å². The molecular formula is C10H16N4O6. The molecule has 1 fully saturated rings. The van der Waals surface area contributed by atoms with E-state index >= 15 is 0 Å². The number of carbonyl (C=O) groups excluding carboxylic acids is 1. The van der Waals surface area contributed by atoms with Crippen molar-refractivity contribution in [3.63, 3.8) is 0 Å². The lowest BCUT2D eigenvalue weighted by Gasteiger charge is -2.40. The van der Waals surface area contributed by atoms with E-state index in [9.17, 15) is 15.0 Å². The molecule has 112 valence electrons. The third-order valence-corrected chi connectivity index (χ3v) is 2.68. The Morgan fingerprint density at radius 3 is 2.80 bits per heavy atom. The summed E-state index contributed by atoms with van der Waals surface area (Å²) < 4.78 is 9.76. The van der Waals surface area contributed by atoms with Gasteiger partial charge in [-0.05, 0) is 5.53 Å². The van der Waals surface area contributed by atoms with E-state index in [1.165, 1.54) is 6.08 Å². The van der Waals surface area contributed by atoms with E-state index in [-0.39, 0.29) is 6.61 Å². The summed E-state index contributed by atoms with van der Waals surface area (Å²) in [6, 6.07) is -1.21. The molecule has 1 saturated heterocycles. The Bertz CT molecular complexity index is 399. The zero-order valence-corrected chi connectivity index (χ0v) is 10.5. The van der Waals surface area contributed by atoms with Crippen LogP contribution in [-0.4, -0.2) is 65.2 Å². The van der Waals surface area contributed by atoms with Crippen LogP contribution in [0, 0.1) is 0 Å². The van der Waals surface area contributed by atoms with Gasteiger partial charge in [0.05, 0.1) is 12.6 Å². The summed E-state index contributed by atoms with van der Waals surface area (Å²) in [7, 11) is 0. The molecule has 0 spiro atoms. The topological polar surface area (TPSA) is 157 Å². The van der Waals surface area contributed by atoms with Crippen molar-refractivity contribution in [3.8, 4) is 0 Å². The van der Waals surface area contributed by atoms with E-state index in [1.807, 2.05) is 0 Å². The van der Waals surface area contributed by atoms with Crippen molar-refractivity contribution in [2.45, 2.75) is 30.6 Å². The number of aliphatic hydroxyl groups excluding tert-OH is 3. The van der Waals surface area contributed by atoms with Crippen LogP contribution in [0.2, 0.25) is 0 Å². The van der Waals surface area contributed by atoms with Gasteiger partial charge in [-0.15, -0.1) is 0 Å². The minimum atomic E-state index is -1.49. The molecule has 1 amide bonds. The number of nitrogens with one attached hydrogen (secondary N) is 1. The average molecular weight is 288 g/mol. The van der Waals surface area contributed by atoms with E-state index in [4.69, 9.17) is 15.4 Å². The third-order valence-electron chi connectivity index (χ3n) is 2.68. The van der Waals surface area contributed by atoms with Crippen LogP contribution in [0.15, 0.2) is 17.8 Å². The number of alkyl carbamates (subject to hydrolysis) is 1. The third kappa shape index (κ3) is 3.83. The first-order chi connectivity index (χ1) is 9.54. The number of nitrogens with zero attached hydrogens (tertiary/aromatic N) is 3. The first kappa shape index (κ1) is 16.2. The fourth-order valence-corrected chi connectivity index (χ4v) is 1.72. The molecule has 0 unspecified atom stereocenters. The molecule has 10 heteroatoms. The molecule has 5 atom stereocenters. The molecule has 1 heterocycles. The van der Waals surface area contributed by atoms with Gasteiger partial charge in [0.2, 0.25) is 0 Å². The normalized spacial score (nSPS) is 32.9. The highest BCUT2D eigenvalue weighted by Crippen LogP contribution is 2.22. The second kappa shape index (κ2) is 7.68. The number of hydrogen-bond donors (Lipinski definition) is 4. The monoisotopic (exact) mass is 288 g/mol. The van der Waals surface area contributed by atoms with Crippen molar-refractivity contribution in [1.82, 2.24) is 5.32 Å². The summed E-state index contributed by atoms with van der Waals surface area (Å²) in [6.07, 6.45) is -4.91. The summed E-state index contributed by atoms with van der Waals surface area (Å²) in [5.41, 5.74) is 8.44. The van der Waals surface area contributed by atoms with Gasteiger partial charge in [0.15, 0.2) is 6.23 Å². The average Bonchev–Trinajstić information content (AvgIpc) is 2.44. The standard InChI is InChI=1S/C10H16N4O6/c1-2-3-19-10(18)12-6-8(17)7(16)5(4-15)20-9(6)13-14-11/h2,5-9,15-17H,1,3-4H2,(H,12,18)/t5-,6-,7-,8-,9-/m1/s1. The molecule has 0 aromatic rings. The lowest BCUT2D eigenvalue weighted by atomic mass is 9.96. The number of hydrogen-bond acceptors (Lipinski definition) is 7. The van der Waals surface area contributed by atoms with E-state index < -0.39 is 43.3 Å². The molecule has 0 aromatic carbocycles. The van der Waals surface area contributed by atoms with Crippen LogP contribution in [0.1, 0.15) is 0 Å². The van der Waals surface area contributed by atoms with Crippen LogP contribution < -0.4 is 5.32 Å². The van der Waals surface area contributed by atoms with E-state index in [2.05, 4.69) is 26.7 Å². The lowest BCUT2D eigenvalue weighted by Crippen LogP contribution is -2.63. The quantitative estimate of drug-likeness (QED) is 0.220. The Balaban J connectivity index is 2.80. The Morgan fingerprint density at radius 1 is 1.55 bits per heavy atom. The van der Waals surface area contributed by atoms with Crippen molar-refractivity contribution >= 4 is 6.09 Å². The molecule has 1 rings (SSSR count). The number of carbonyl (C=O) groups is 1. The predicted octanol–water partition coefficient (Wildman–Crippen LogP) is -0.983. The van der Waals surface area contributed by atoms with Gasteiger partial charge in [-0.2, -0.15) is 0 Å². The van der Waals surface area contributed by atoms with Crippen molar-refractivity contribution < 1.29 is 29.6 Å². The molecule has 4 N–H and O–H groups in total. The molecule has 1 aliphatic rings. The van der Waals surface area contributed by atoms with Gasteiger partial charge in [0.1, 0.15) is 24.9 Å². The first-order valence-corrected chi connectivity index (χ1v) is 5.76. The molecule has 0 aromatic heterocycles. The summed E-state index contributed by atoms with van der Waals surface area (Å²) >= 11 is 0. The van der Waals surface area contributed by atoms with Crippen molar-refractivity contribution in [2.75, 3.05) is 13.2 Å². The molecular weight excluding hydrogens is 272 g/mol. The minimum Gasteiger partial charge on any atom is -0.445 e. The zero-order chi connectivity index (χ0) is 15.1. The maximum atomic E-state index is 11.4. The van der Waals surface area contributed by atoms with Gasteiger partial charge in [0, 0.05) is 4.91 Å². The molecule has 0 saturated carbocycles. The van der Waals surface area contributed by atoms with Gasteiger partial charge in [-0.3, -0.25) is 0 Å². The van der Waals surface area contributed by atoms with Gasteiger partial charge >= 0.3 is 6.09 Å². The smallest absolute Gasteiger partial charge is 0.407 e. The lowest BCUT2D eigenvalue weighted by molar-refractivity contribution is -0.191. The second-order valence-electron chi connectivity index (χ2n) is 3.99. The van der Waals surface area contributed by atoms with Gasteiger partial charge in [-0.1, -0.05) is 17.8 Å². The number of azide groups is 1. The van der Waals surface area contributed by atoms with Gasteiger partial charge in [0.25, 0.3) is 0 Å². The predicted molar refractivity (Wildman–Crippen MR) is 65.4 cm³/mol. The van der Waals surface area contributed by atoms with Crippen LogP contribution in [0.5, 0.6) is 0 Å². The highest BCUT2D eigenvalue weighted by Gasteiger charge is 2.44. The van der Waals surface area contributed by atoms with Gasteiger partial charge < -0.3 is 30.1 Å². The number of rotatable bonds is 5. The molecule has 0 aliphatic carbocycles. The largest absolute Gasteiger partial charge is 0.445 e. The maximum absolute atomic E-state index is 11.4. The number of aliphatic hydroxyl groups is 3. The Labute approximate surface area is 114 Å². The highest BCUT2D eigenvalue weighted by molar-refractivity contribution is 5.67. The Hall–Kier alpha value is -1.84. The van der Waals surface area contributed by atoms with Crippen molar-refractivity contribution in [3.05, 3.63) is 23.1 Å². The summed E-state index contributed by atoms with van der Waals surface area (Å²) in [5, 5.41) is 34.1. The maximum Gasteiger partial charge on any atom is 0.407 e. The molecule has 1 aliphatic heterocycles. The number of amides is 1. The molecule has 20 heavy (non-hydrogen) atoms. The number of ether oxygens (including phenoxy) is 2. The molecule has 0 radical (unpaired) electrons. The summed E-state index contributed by atoms with van der Waals surface area (Å²) in [6.45, 7) is 2.73. The fourth-order valence-electron chi connectivity index (χ4n) is 1.72. The minimum absolute atomic E-state index is 0.0521.